The Kier molecular flexibility index (Phi) is 6.00. The molecule has 3 nitrogen and oxygen atoms in total. The number of aliphatic hydroxyl groups is 1. The monoisotopic (exact) mass is 283 g/mol. The Morgan fingerprint density at radius 2 is 1.81 bits per heavy atom. The number of benzene rings is 2. The number of methoxy groups -OCH3 is 1. The van der Waals surface area contributed by atoms with Gasteiger partial charge in [0, 0.05) is 12.1 Å². The molecule has 1 atom stereocenters. The average Bonchev–Trinajstić information content (AvgIpc) is 2.56. The van der Waals surface area contributed by atoms with E-state index < -0.39 is 0 Å². The Morgan fingerprint density at radius 3 is 2.52 bits per heavy atom. The normalized spacial score (nSPS) is 12.5. The van der Waals surface area contributed by atoms with Gasteiger partial charge < -0.3 is 15.2 Å². The van der Waals surface area contributed by atoms with Gasteiger partial charge in [-0.1, -0.05) is 60.7 Å². The van der Waals surface area contributed by atoms with Gasteiger partial charge in [-0.15, -0.1) is 0 Å². The van der Waals surface area contributed by atoms with Gasteiger partial charge in [0.1, 0.15) is 5.75 Å². The van der Waals surface area contributed by atoms with E-state index in [9.17, 15) is 5.11 Å². The fraction of sp³-hybridized carbons (Fsp3) is 0.222. The molecule has 2 rings (SSSR count). The van der Waals surface area contributed by atoms with Gasteiger partial charge in [-0.05, 0) is 11.6 Å². The molecule has 1 unspecified atom stereocenters. The van der Waals surface area contributed by atoms with Crippen molar-refractivity contribution in [3.63, 3.8) is 0 Å². The van der Waals surface area contributed by atoms with Gasteiger partial charge in [-0.3, -0.25) is 0 Å². The molecule has 0 saturated carbocycles. The standard InChI is InChI=1S/C18H21NO2/c1-21-18-12-6-5-10-16(18)11-7-13-19-17(14-20)15-8-3-2-4-9-15/h2-12,17,19-20H,13-14H2,1H3. The van der Waals surface area contributed by atoms with E-state index in [0.29, 0.717) is 6.54 Å². The van der Waals surface area contributed by atoms with Crippen molar-refractivity contribution in [3.05, 3.63) is 71.8 Å². The van der Waals surface area contributed by atoms with Gasteiger partial charge >= 0.3 is 0 Å². The van der Waals surface area contributed by atoms with Gasteiger partial charge in [0.15, 0.2) is 0 Å². The molecular weight excluding hydrogens is 262 g/mol. The van der Waals surface area contributed by atoms with Gasteiger partial charge in [-0.2, -0.15) is 0 Å². The van der Waals surface area contributed by atoms with E-state index in [-0.39, 0.29) is 12.6 Å². The molecule has 0 aliphatic carbocycles. The predicted octanol–water partition coefficient (Wildman–Crippen LogP) is 3.03. The fourth-order valence-electron chi connectivity index (χ4n) is 2.17. The smallest absolute Gasteiger partial charge is 0.126 e. The molecule has 3 heteroatoms. The molecule has 0 saturated heterocycles. The maximum atomic E-state index is 9.47. The number of hydrogen-bond donors (Lipinski definition) is 2. The van der Waals surface area contributed by atoms with E-state index in [1.807, 2.05) is 66.7 Å². The zero-order valence-corrected chi connectivity index (χ0v) is 12.2. The third-order valence-electron chi connectivity index (χ3n) is 3.30. The molecule has 0 fully saturated rings. The minimum atomic E-state index is -0.0477. The summed E-state index contributed by atoms with van der Waals surface area (Å²) in [6.45, 7) is 0.755. The molecule has 0 heterocycles. The summed E-state index contributed by atoms with van der Waals surface area (Å²) in [6.07, 6.45) is 4.05. The summed E-state index contributed by atoms with van der Waals surface area (Å²) in [7, 11) is 1.67. The summed E-state index contributed by atoms with van der Waals surface area (Å²) in [5.74, 6) is 0.857. The van der Waals surface area contributed by atoms with Gasteiger partial charge in [0.25, 0.3) is 0 Å². The topological polar surface area (TPSA) is 41.5 Å². The summed E-state index contributed by atoms with van der Waals surface area (Å²) in [4.78, 5) is 0. The summed E-state index contributed by atoms with van der Waals surface area (Å²) < 4.78 is 5.30. The lowest BCUT2D eigenvalue weighted by Crippen LogP contribution is -2.24. The van der Waals surface area contributed by atoms with Crippen LogP contribution in [0, 0.1) is 0 Å². The van der Waals surface area contributed by atoms with E-state index in [4.69, 9.17) is 4.74 Å². The first kappa shape index (κ1) is 15.3. The Labute approximate surface area is 125 Å². The molecule has 2 N–H and O–H groups in total. The number of aliphatic hydroxyl groups excluding tert-OH is 1. The van der Waals surface area contributed by atoms with Crippen LogP contribution in [0.25, 0.3) is 6.08 Å². The van der Waals surface area contributed by atoms with Crippen molar-refractivity contribution < 1.29 is 9.84 Å². The van der Waals surface area contributed by atoms with Gasteiger partial charge in [0.05, 0.1) is 19.8 Å². The lowest BCUT2D eigenvalue weighted by Gasteiger charge is -2.15. The second-order valence-electron chi connectivity index (χ2n) is 4.70. The van der Waals surface area contributed by atoms with E-state index >= 15 is 0 Å². The van der Waals surface area contributed by atoms with Crippen molar-refractivity contribution in [1.29, 1.82) is 0 Å². The van der Waals surface area contributed by atoms with Crippen molar-refractivity contribution in [2.24, 2.45) is 0 Å². The highest BCUT2D eigenvalue weighted by molar-refractivity contribution is 5.57. The fourth-order valence-corrected chi connectivity index (χ4v) is 2.17. The van der Waals surface area contributed by atoms with Crippen molar-refractivity contribution in [3.8, 4) is 5.75 Å². The molecule has 2 aromatic rings. The summed E-state index contributed by atoms with van der Waals surface area (Å²) in [6, 6.07) is 17.8. The van der Waals surface area contributed by atoms with Crippen molar-refractivity contribution >= 4 is 6.08 Å². The highest BCUT2D eigenvalue weighted by Gasteiger charge is 2.07. The molecule has 0 aliphatic heterocycles. The van der Waals surface area contributed by atoms with Crippen molar-refractivity contribution in [2.45, 2.75) is 6.04 Å². The van der Waals surface area contributed by atoms with E-state index in [0.717, 1.165) is 16.9 Å². The molecular formula is C18H21NO2. The SMILES string of the molecule is COc1ccccc1C=CCNC(CO)c1ccccc1. The third kappa shape index (κ3) is 4.45. The maximum Gasteiger partial charge on any atom is 0.126 e. The van der Waals surface area contributed by atoms with Crippen molar-refractivity contribution in [2.75, 3.05) is 20.3 Å². The van der Waals surface area contributed by atoms with E-state index in [1.54, 1.807) is 7.11 Å². The minimum absolute atomic E-state index is 0.0477. The number of hydrogen-bond acceptors (Lipinski definition) is 3. The number of nitrogens with one attached hydrogen (secondary N) is 1. The highest BCUT2D eigenvalue weighted by atomic mass is 16.5. The van der Waals surface area contributed by atoms with Crippen LogP contribution in [0.5, 0.6) is 5.75 Å². The number of rotatable bonds is 7. The van der Waals surface area contributed by atoms with E-state index in [1.165, 1.54) is 0 Å². The minimum Gasteiger partial charge on any atom is -0.496 e. The number of ether oxygens (including phenoxy) is 1. The zero-order valence-electron chi connectivity index (χ0n) is 12.2. The predicted molar refractivity (Wildman–Crippen MR) is 86.3 cm³/mol. The third-order valence-corrected chi connectivity index (χ3v) is 3.30. The molecule has 0 aliphatic rings. The quantitative estimate of drug-likeness (QED) is 0.820. The van der Waals surface area contributed by atoms with Crippen LogP contribution >= 0.6 is 0 Å². The second-order valence-corrected chi connectivity index (χ2v) is 4.70. The van der Waals surface area contributed by atoms with Crippen LogP contribution in [0.3, 0.4) is 0 Å². The second kappa shape index (κ2) is 8.25. The lowest BCUT2D eigenvalue weighted by molar-refractivity contribution is 0.248. The van der Waals surface area contributed by atoms with Crippen molar-refractivity contribution in [1.82, 2.24) is 5.32 Å². The summed E-state index contributed by atoms with van der Waals surface area (Å²) >= 11 is 0. The first-order valence-electron chi connectivity index (χ1n) is 7.04. The average molecular weight is 283 g/mol. The van der Waals surface area contributed by atoms with Crippen LogP contribution < -0.4 is 10.1 Å². The lowest BCUT2D eigenvalue weighted by atomic mass is 10.1. The molecule has 0 aromatic heterocycles. The number of para-hydroxylation sites is 1. The van der Waals surface area contributed by atoms with Crippen LogP contribution in [-0.2, 0) is 0 Å². The molecule has 110 valence electrons. The maximum absolute atomic E-state index is 9.47. The molecule has 0 spiro atoms. The van der Waals surface area contributed by atoms with Gasteiger partial charge in [0.2, 0.25) is 0 Å². The Morgan fingerprint density at radius 1 is 1.10 bits per heavy atom. The van der Waals surface area contributed by atoms with Crippen LogP contribution in [0.15, 0.2) is 60.7 Å². The van der Waals surface area contributed by atoms with Gasteiger partial charge in [-0.25, -0.2) is 0 Å². The molecule has 0 bridgehead atoms. The highest BCUT2D eigenvalue weighted by Crippen LogP contribution is 2.18. The Balaban J connectivity index is 1.92. The summed E-state index contributed by atoms with van der Waals surface area (Å²) in [5, 5.41) is 12.8. The van der Waals surface area contributed by atoms with Crippen LogP contribution in [0.2, 0.25) is 0 Å². The van der Waals surface area contributed by atoms with E-state index in [2.05, 4.69) is 5.32 Å². The van der Waals surface area contributed by atoms with Crippen LogP contribution in [-0.4, -0.2) is 25.4 Å². The molecule has 0 radical (unpaired) electrons. The summed E-state index contributed by atoms with van der Waals surface area (Å²) in [5.41, 5.74) is 2.13. The first-order valence-corrected chi connectivity index (χ1v) is 7.04. The Hall–Kier alpha value is -2.10. The first-order chi connectivity index (χ1) is 10.3. The molecule has 0 amide bonds. The molecule has 2 aromatic carbocycles. The largest absolute Gasteiger partial charge is 0.496 e. The Bertz CT molecular complexity index is 566. The van der Waals surface area contributed by atoms with Crippen LogP contribution in [0.4, 0.5) is 0 Å². The van der Waals surface area contributed by atoms with Crippen LogP contribution in [0.1, 0.15) is 17.2 Å². The molecule has 21 heavy (non-hydrogen) atoms. The zero-order chi connectivity index (χ0) is 14.9.